The van der Waals surface area contributed by atoms with E-state index >= 15 is 0 Å². The molecule has 3 heterocycles. The average Bonchev–Trinajstić information content (AvgIpc) is 3.58. The van der Waals surface area contributed by atoms with Crippen LogP contribution in [0.2, 0.25) is 10.0 Å². The first-order valence-electron chi connectivity index (χ1n) is 16.6. The van der Waals surface area contributed by atoms with Gasteiger partial charge in [-0.3, -0.25) is 5.32 Å². The summed E-state index contributed by atoms with van der Waals surface area (Å²) in [7, 11) is 3.62. The number of likely N-dealkylation sites (tertiary alicyclic amines) is 1. The molecule has 2 unspecified atom stereocenters. The van der Waals surface area contributed by atoms with Crippen LogP contribution in [0.15, 0.2) is 67.0 Å². The molecule has 0 aliphatic carbocycles. The second-order valence-corrected chi connectivity index (χ2v) is 14.3. The van der Waals surface area contributed by atoms with Gasteiger partial charge in [-0.15, -0.1) is 11.3 Å². The first kappa shape index (κ1) is 38.2. The normalized spacial score (nSPS) is 14.8. The minimum Gasteiger partial charge on any atom is -0.619 e. The van der Waals surface area contributed by atoms with E-state index in [-0.39, 0.29) is 28.8 Å². The second kappa shape index (κ2) is 17.9. The molecule has 0 amide bonds. The van der Waals surface area contributed by atoms with E-state index in [9.17, 15) is 19.9 Å². The largest absolute Gasteiger partial charge is 0.619 e. The molecule has 2 aromatic heterocycles. The van der Waals surface area contributed by atoms with Crippen LogP contribution in [0.1, 0.15) is 63.2 Å². The molecule has 0 radical (unpaired) electrons. The van der Waals surface area contributed by atoms with Gasteiger partial charge < -0.3 is 34.2 Å². The lowest BCUT2D eigenvalue weighted by Crippen LogP contribution is -2.34. The van der Waals surface area contributed by atoms with E-state index in [0.717, 1.165) is 30.8 Å². The maximum atomic E-state index is 13.6. The molecule has 5 rings (SSSR count). The lowest BCUT2D eigenvalue weighted by atomic mass is 9.98. The van der Waals surface area contributed by atoms with E-state index in [0.29, 0.717) is 56.9 Å². The Morgan fingerprint density at radius 3 is 2.49 bits per heavy atom. The quantitative estimate of drug-likeness (QED) is 0.0771. The van der Waals surface area contributed by atoms with Crippen molar-refractivity contribution >= 4 is 46.5 Å². The van der Waals surface area contributed by atoms with E-state index in [1.807, 2.05) is 6.92 Å². The van der Waals surface area contributed by atoms with Gasteiger partial charge in [0.2, 0.25) is 0 Å². The first-order valence-corrected chi connectivity index (χ1v) is 18.2. The molecule has 2 atom stereocenters. The van der Waals surface area contributed by atoms with Gasteiger partial charge >= 0.3 is 11.9 Å². The number of thiophene rings is 1. The van der Waals surface area contributed by atoms with Crippen LogP contribution in [0, 0.1) is 11.1 Å². The number of phenolic OH excluding ortho intramolecular Hbond substituents is 1. The van der Waals surface area contributed by atoms with Crippen LogP contribution in [0.25, 0.3) is 0 Å². The van der Waals surface area contributed by atoms with Gasteiger partial charge in [0, 0.05) is 23.4 Å². The minimum absolute atomic E-state index is 0.0358. The van der Waals surface area contributed by atoms with Crippen molar-refractivity contribution < 1.29 is 38.4 Å². The molecule has 0 bridgehead atoms. The van der Waals surface area contributed by atoms with E-state index in [1.165, 1.54) is 43.0 Å². The van der Waals surface area contributed by atoms with E-state index in [4.69, 9.17) is 42.1 Å². The van der Waals surface area contributed by atoms with E-state index < -0.39 is 24.1 Å². The van der Waals surface area contributed by atoms with Gasteiger partial charge in [-0.05, 0) is 93.3 Å². The molecule has 272 valence electrons. The smallest absolute Gasteiger partial charge is 0.348 e. The van der Waals surface area contributed by atoms with Crippen molar-refractivity contribution in [3.05, 3.63) is 109 Å². The minimum atomic E-state index is -0.863. The zero-order valence-electron chi connectivity index (χ0n) is 28.6. The topological polar surface area (TPSA) is 134 Å². The summed E-state index contributed by atoms with van der Waals surface area (Å²) in [6, 6.07) is 14.3. The van der Waals surface area contributed by atoms with Crippen molar-refractivity contribution in [3.8, 4) is 17.2 Å². The van der Waals surface area contributed by atoms with E-state index in [2.05, 4.69) is 17.3 Å². The molecule has 51 heavy (non-hydrogen) atoms. The number of aromatic hydroxyl groups is 1. The van der Waals surface area contributed by atoms with E-state index in [1.54, 1.807) is 42.5 Å². The van der Waals surface area contributed by atoms with Crippen LogP contribution in [0.5, 0.6) is 17.2 Å². The number of piperidine rings is 1. The summed E-state index contributed by atoms with van der Waals surface area (Å²) in [5.41, 5.74) is 1.60. The number of hydrogen-bond acceptors (Lipinski definition) is 11. The molecule has 1 fully saturated rings. The number of ether oxygens (including phenoxy) is 4. The van der Waals surface area contributed by atoms with Crippen LogP contribution >= 0.6 is 34.5 Å². The molecule has 2 aromatic carbocycles. The molecular weight excluding hydrogens is 717 g/mol. The van der Waals surface area contributed by atoms with Gasteiger partial charge in [0.05, 0.1) is 20.3 Å². The van der Waals surface area contributed by atoms with Crippen LogP contribution in [-0.4, -0.2) is 62.4 Å². The van der Waals surface area contributed by atoms with Gasteiger partial charge in [0.25, 0.3) is 0 Å². The molecule has 11 nitrogen and oxygen atoms in total. The number of phenols is 1. The molecule has 0 saturated carbocycles. The Kier molecular flexibility index (Phi) is 13.4. The lowest BCUT2D eigenvalue weighted by molar-refractivity contribution is -0.605. The second-order valence-electron chi connectivity index (χ2n) is 12.3. The van der Waals surface area contributed by atoms with Crippen molar-refractivity contribution in [2.45, 2.75) is 44.9 Å². The van der Waals surface area contributed by atoms with Crippen molar-refractivity contribution in [1.82, 2.24) is 10.2 Å². The highest BCUT2D eigenvalue weighted by atomic mass is 35.5. The standard InChI is InChI=1S/C37H41Cl2N3O8S/c1-4-48-33-17-24(8-10-31(33)47-3)32(18-28-29(38)20-42(46)21-30(28)39)50-36(44)34-11-9-27(51-34)19-40-35(25-6-5-7-26(43)16-25)37(45)49-22-23-12-14-41(2)15-13-23/h5-11,16-17,20-21,23,32,35,40,43H,4,12-15,18-19,22H2,1-3H3. The Hall–Kier alpha value is -4.07. The number of esters is 2. The Morgan fingerprint density at radius 2 is 1.80 bits per heavy atom. The van der Waals surface area contributed by atoms with Crippen LogP contribution in [-0.2, 0) is 27.2 Å². The summed E-state index contributed by atoms with van der Waals surface area (Å²) in [5.74, 6) is 0.286. The first-order chi connectivity index (χ1) is 24.5. The Bertz CT molecular complexity index is 1790. The number of hydrogen-bond donors (Lipinski definition) is 2. The van der Waals surface area contributed by atoms with Gasteiger partial charge in [-0.2, -0.15) is 4.73 Å². The highest BCUT2D eigenvalue weighted by Crippen LogP contribution is 2.36. The molecule has 1 aliphatic rings. The predicted molar refractivity (Wildman–Crippen MR) is 195 cm³/mol. The van der Waals surface area contributed by atoms with Crippen LogP contribution in [0.3, 0.4) is 0 Å². The predicted octanol–water partition coefficient (Wildman–Crippen LogP) is 6.66. The third-order valence-corrected chi connectivity index (χ3v) is 10.4. The number of pyridine rings is 1. The molecule has 1 saturated heterocycles. The SMILES string of the molecule is CCOc1cc(C(Cc2c(Cl)c[n+]([O-])cc2Cl)OC(=O)c2ccc(CNC(C(=O)OCC3CCN(C)CC3)c3cccc(O)c3)s2)ccc1OC. The fourth-order valence-electron chi connectivity index (χ4n) is 5.83. The molecule has 2 N–H and O–H groups in total. The summed E-state index contributed by atoms with van der Waals surface area (Å²) >= 11 is 14.0. The number of benzene rings is 2. The summed E-state index contributed by atoms with van der Waals surface area (Å²) in [6.45, 7) is 4.73. The van der Waals surface area contributed by atoms with Crippen LogP contribution < -0.4 is 19.5 Å². The van der Waals surface area contributed by atoms with Gasteiger partial charge in [0.1, 0.15) is 32.8 Å². The third-order valence-electron chi connectivity index (χ3n) is 8.64. The fourth-order valence-corrected chi connectivity index (χ4v) is 7.27. The number of nitrogens with zero attached hydrogens (tertiary/aromatic N) is 2. The number of carbonyl (C=O) groups is 2. The number of carbonyl (C=O) groups excluding carboxylic acids is 2. The molecule has 4 aromatic rings. The lowest BCUT2D eigenvalue weighted by Gasteiger charge is -2.29. The third kappa shape index (κ3) is 10.3. The zero-order chi connectivity index (χ0) is 36.5. The number of rotatable bonds is 15. The van der Waals surface area contributed by atoms with Crippen molar-refractivity contribution in [3.63, 3.8) is 0 Å². The van der Waals surface area contributed by atoms with Gasteiger partial charge in [-0.1, -0.05) is 41.4 Å². The highest BCUT2D eigenvalue weighted by Gasteiger charge is 2.27. The summed E-state index contributed by atoms with van der Waals surface area (Å²) in [6.07, 6.45) is 3.51. The number of nitrogens with one attached hydrogen (secondary N) is 1. The number of aromatic nitrogens is 1. The van der Waals surface area contributed by atoms with Crippen LogP contribution in [0.4, 0.5) is 0 Å². The van der Waals surface area contributed by atoms with Crippen molar-refractivity contribution in [2.24, 2.45) is 5.92 Å². The summed E-state index contributed by atoms with van der Waals surface area (Å²) < 4.78 is 23.6. The molecule has 1 aliphatic heterocycles. The Morgan fingerprint density at radius 1 is 1.06 bits per heavy atom. The Balaban J connectivity index is 1.32. The Labute approximate surface area is 311 Å². The van der Waals surface area contributed by atoms with Gasteiger partial charge in [-0.25, -0.2) is 9.59 Å². The molecule has 0 spiro atoms. The zero-order valence-corrected chi connectivity index (χ0v) is 30.9. The van der Waals surface area contributed by atoms with Crippen molar-refractivity contribution in [1.29, 1.82) is 0 Å². The molecular formula is C37H41Cl2N3O8S. The fraction of sp³-hybridized carbons (Fsp3) is 0.378. The number of methoxy groups -OCH3 is 1. The monoisotopic (exact) mass is 757 g/mol. The van der Waals surface area contributed by atoms with Gasteiger partial charge in [0.15, 0.2) is 23.9 Å². The average molecular weight is 759 g/mol. The maximum Gasteiger partial charge on any atom is 0.348 e. The summed E-state index contributed by atoms with van der Waals surface area (Å²) in [4.78, 5) is 30.4. The van der Waals surface area contributed by atoms with Crippen molar-refractivity contribution in [2.75, 3.05) is 40.5 Å². The summed E-state index contributed by atoms with van der Waals surface area (Å²) in [5, 5.41) is 25.5. The molecule has 14 heteroatoms. The number of halogens is 2. The highest BCUT2D eigenvalue weighted by molar-refractivity contribution is 7.13. The maximum absolute atomic E-state index is 13.6.